The van der Waals surface area contributed by atoms with E-state index in [1.807, 2.05) is 36.4 Å². The van der Waals surface area contributed by atoms with E-state index in [1.54, 1.807) is 0 Å². The van der Waals surface area contributed by atoms with Crippen LogP contribution in [-0.2, 0) is 21.7 Å². The van der Waals surface area contributed by atoms with Gasteiger partial charge < -0.3 is 9.64 Å². The Morgan fingerprint density at radius 3 is 2.59 bits per heavy atom. The highest BCUT2D eigenvalue weighted by atomic mass is 32.2. The Morgan fingerprint density at radius 1 is 1.04 bits per heavy atom. The number of fused-ring (bicyclic) bond motifs is 2. The van der Waals surface area contributed by atoms with E-state index in [2.05, 4.69) is 34.2 Å². The van der Waals surface area contributed by atoms with Gasteiger partial charge in [0.15, 0.2) is 5.17 Å². The summed E-state index contributed by atoms with van der Waals surface area (Å²) in [6.45, 7) is 2.41. The van der Waals surface area contributed by atoms with Crippen LogP contribution in [0.25, 0.3) is 6.08 Å². The second-order valence-electron chi connectivity index (χ2n) is 7.15. The van der Waals surface area contributed by atoms with Crippen LogP contribution in [0.5, 0.6) is 0 Å². The lowest BCUT2D eigenvalue weighted by Crippen LogP contribution is -2.44. The molecule has 0 N–H and O–H groups in total. The van der Waals surface area contributed by atoms with Gasteiger partial charge in [0.2, 0.25) is 0 Å². The first kappa shape index (κ1) is 16.8. The molecule has 5 rings (SSSR count). The van der Waals surface area contributed by atoms with Crippen molar-refractivity contribution in [3.05, 3.63) is 76.2 Å². The minimum Gasteiger partial charge on any atom is -0.365 e. The topological polar surface area (TPSA) is 41.9 Å². The molecule has 27 heavy (non-hydrogen) atoms. The number of hydrogen-bond acceptors (Lipinski definition) is 4. The SMILES string of the molecule is O=C1N=C(N2CCC3(CC2)OCc2ccccc23)S/C1=C\c1ccccc1. The summed E-state index contributed by atoms with van der Waals surface area (Å²) in [7, 11) is 0. The molecule has 1 spiro atoms. The normalized spacial score (nSPS) is 22.4. The molecule has 0 aromatic heterocycles. The van der Waals surface area contributed by atoms with Crippen LogP contribution >= 0.6 is 11.8 Å². The van der Waals surface area contributed by atoms with Gasteiger partial charge in [0.25, 0.3) is 5.91 Å². The Balaban J connectivity index is 1.29. The molecule has 0 radical (unpaired) electrons. The second-order valence-corrected chi connectivity index (χ2v) is 8.16. The number of nitrogens with zero attached hydrogens (tertiary/aromatic N) is 2. The van der Waals surface area contributed by atoms with Crippen molar-refractivity contribution in [1.29, 1.82) is 0 Å². The van der Waals surface area contributed by atoms with Gasteiger partial charge in [0.1, 0.15) is 0 Å². The smallest absolute Gasteiger partial charge is 0.286 e. The third kappa shape index (κ3) is 3.01. The Hall–Kier alpha value is -2.37. The number of benzene rings is 2. The molecular formula is C22H20N2O2S. The Labute approximate surface area is 162 Å². The van der Waals surface area contributed by atoms with E-state index in [4.69, 9.17) is 4.74 Å². The third-order valence-electron chi connectivity index (χ3n) is 5.56. The molecule has 2 aromatic carbocycles. The van der Waals surface area contributed by atoms with Crippen LogP contribution in [0, 0.1) is 0 Å². The lowest BCUT2D eigenvalue weighted by Gasteiger charge is -2.39. The number of rotatable bonds is 1. The number of carbonyl (C=O) groups is 1. The van der Waals surface area contributed by atoms with Crippen LogP contribution in [-0.4, -0.2) is 29.1 Å². The van der Waals surface area contributed by atoms with Gasteiger partial charge >= 0.3 is 0 Å². The monoisotopic (exact) mass is 376 g/mol. The van der Waals surface area contributed by atoms with Gasteiger partial charge in [-0.3, -0.25) is 4.79 Å². The molecule has 0 saturated carbocycles. The van der Waals surface area contributed by atoms with Crippen molar-refractivity contribution in [2.75, 3.05) is 13.1 Å². The minimum absolute atomic E-state index is 0.137. The van der Waals surface area contributed by atoms with Crippen molar-refractivity contribution >= 4 is 28.9 Å². The number of amidine groups is 1. The first-order valence-corrected chi connectivity index (χ1v) is 10.1. The van der Waals surface area contributed by atoms with E-state index in [1.165, 1.54) is 22.9 Å². The molecule has 4 nitrogen and oxygen atoms in total. The quantitative estimate of drug-likeness (QED) is 0.700. The fraction of sp³-hybridized carbons (Fsp3) is 0.273. The van der Waals surface area contributed by atoms with E-state index in [0.717, 1.165) is 36.7 Å². The van der Waals surface area contributed by atoms with Gasteiger partial charge in [-0.25, -0.2) is 0 Å². The summed E-state index contributed by atoms with van der Waals surface area (Å²) in [4.78, 5) is 19.5. The average Bonchev–Trinajstić information content (AvgIpc) is 3.25. The number of piperidine rings is 1. The number of amides is 1. The van der Waals surface area contributed by atoms with Gasteiger partial charge in [0.05, 0.1) is 17.1 Å². The van der Waals surface area contributed by atoms with Gasteiger partial charge in [-0.05, 0) is 47.4 Å². The highest BCUT2D eigenvalue weighted by Gasteiger charge is 2.43. The molecule has 1 fully saturated rings. The van der Waals surface area contributed by atoms with Gasteiger partial charge in [-0.2, -0.15) is 4.99 Å². The summed E-state index contributed by atoms with van der Waals surface area (Å²) in [6.07, 6.45) is 3.77. The first-order chi connectivity index (χ1) is 13.2. The van der Waals surface area contributed by atoms with E-state index < -0.39 is 0 Å². The summed E-state index contributed by atoms with van der Waals surface area (Å²) in [5, 5.41) is 0.823. The molecular weight excluding hydrogens is 356 g/mol. The molecule has 0 bridgehead atoms. The fourth-order valence-corrected chi connectivity index (χ4v) is 5.06. The molecule has 3 aliphatic heterocycles. The number of aliphatic imine (C=N–C) groups is 1. The van der Waals surface area contributed by atoms with Crippen molar-refractivity contribution in [3.8, 4) is 0 Å². The van der Waals surface area contributed by atoms with Crippen LogP contribution in [0.2, 0.25) is 0 Å². The van der Waals surface area contributed by atoms with Crippen LogP contribution < -0.4 is 0 Å². The second kappa shape index (κ2) is 6.66. The minimum atomic E-state index is -0.163. The molecule has 3 heterocycles. The van der Waals surface area contributed by atoms with Gasteiger partial charge in [-0.1, -0.05) is 54.6 Å². The maximum Gasteiger partial charge on any atom is 0.286 e. The largest absolute Gasteiger partial charge is 0.365 e. The Bertz CT molecular complexity index is 944. The Morgan fingerprint density at radius 2 is 1.78 bits per heavy atom. The lowest BCUT2D eigenvalue weighted by atomic mass is 9.84. The number of carbonyl (C=O) groups excluding carboxylic acids is 1. The zero-order chi connectivity index (χ0) is 18.3. The molecule has 0 aliphatic carbocycles. The molecule has 5 heteroatoms. The maximum atomic E-state index is 12.3. The molecule has 0 atom stereocenters. The van der Waals surface area contributed by atoms with E-state index in [0.29, 0.717) is 11.5 Å². The molecule has 1 saturated heterocycles. The molecule has 3 aliphatic rings. The van der Waals surface area contributed by atoms with Crippen molar-refractivity contribution in [1.82, 2.24) is 4.90 Å². The zero-order valence-corrected chi connectivity index (χ0v) is 15.7. The average molecular weight is 376 g/mol. The first-order valence-electron chi connectivity index (χ1n) is 9.28. The van der Waals surface area contributed by atoms with E-state index >= 15 is 0 Å². The van der Waals surface area contributed by atoms with Crippen LogP contribution in [0.1, 0.15) is 29.5 Å². The van der Waals surface area contributed by atoms with E-state index in [-0.39, 0.29) is 11.5 Å². The number of ether oxygens (including phenoxy) is 1. The highest BCUT2D eigenvalue weighted by molar-refractivity contribution is 8.18. The standard InChI is InChI=1S/C22H20N2O2S/c25-20-19(14-16-6-2-1-3-7-16)27-21(23-20)24-12-10-22(11-13-24)18-9-5-4-8-17(18)15-26-22/h1-9,14H,10-13,15H2/b19-14-. The summed E-state index contributed by atoms with van der Waals surface area (Å²) in [5.41, 5.74) is 3.51. The summed E-state index contributed by atoms with van der Waals surface area (Å²) in [6, 6.07) is 18.4. The van der Waals surface area contributed by atoms with E-state index in [9.17, 15) is 4.79 Å². The number of hydrogen-bond donors (Lipinski definition) is 0. The molecule has 2 aromatic rings. The zero-order valence-electron chi connectivity index (χ0n) is 14.9. The van der Waals surface area contributed by atoms with Crippen molar-refractivity contribution < 1.29 is 9.53 Å². The molecule has 0 unspecified atom stereocenters. The van der Waals surface area contributed by atoms with Crippen LogP contribution in [0.3, 0.4) is 0 Å². The predicted molar refractivity (Wildman–Crippen MR) is 108 cm³/mol. The predicted octanol–water partition coefficient (Wildman–Crippen LogP) is 4.18. The van der Waals surface area contributed by atoms with Gasteiger partial charge in [0, 0.05) is 13.1 Å². The van der Waals surface area contributed by atoms with Crippen molar-refractivity contribution in [2.45, 2.75) is 25.0 Å². The number of thioether (sulfide) groups is 1. The van der Waals surface area contributed by atoms with Gasteiger partial charge in [-0.15, -0.1) is 0 Å². The summed E-state index contributed by atoms with van der Waals surface area (Å²) in [5.74, 6) is -0.137. The summed E-state index contributed by atoms with van der Waals surface area (Å²) >= 11 is 1.48. The lowest BCUT2D eigenvalue weighted by molar-refractivity contribution is -0.113. The number of likely N-dealkylation sites (tertiary alicyclic amines) is 1. The Kier molecular flexibility index (Phi) is 4.14. The maximum absolute atomic E-state index is 12.3. The van der Waals surface area contributed by atoms with Crippen LogP contribution in [0.15, 0.2) is 64.5 Å². The third-order valence-corrected chi connectivity index (χ3v) is 6.60. The van der Waals surface area contributed by atoms with Crippen LogP contribution in [0.4, 0.5) is 0 Å². The highest BCUT2D eigenvalue weighted by Crippen LogP contribution is 2.45. The van der Waals surface area contributed by atoms with Crippen molar-refractivity contribution in [3.63, 3.8) is 0 Å². The fourth-order valence-electron chi connectivity index (χ4n) is 4.09. The summed E-state index contributed by atoms with van der Waals surface area (Å²) < 4.78 is 6.23. The molecule has 136 valence electrons. The molecule has 1 amide bonds. The van der Waals surface area contributed by atoms with Crippen molar-refractivity contribution in [2.24, 2.45) is 4.99 Å².